The molecule has 0 saturated heterocycles. The summed E-state index contributed by atoms with van der Waals surface area (Å²) in [5.74, 6) is -0.371. The van der Waals surface area contributed by atoms with Crippen LogP contribution in [0.5, 0.6) is 0 Å². The van der Waals surface area contributed by atoms with Crippen LogP contribution in [0.4, 0.5) is 0 Å². The first-order valence-electron chi connectivity index (χ1n) is 31.0. The molecule has 3 atom stereocenters. The monoisotopic (exact) mass is 1020 g/mol. The summed E-state index contributed by atoms with van der Waals surface area (Å²) >= 11 is 0. The van der Waals surface area contributed by atoms with Gasteiger partial charge in [-0.1, -0.05) is 316 Å². The lowest BCUT2D eigenvalue weighted by atomic mass is 10.0. The molecular formula is C60H121O9P. The van der Waals surface area contributed by atoms with Gasteiger partial charge in [-0.3, -0.25) is 13.8 Å². The van der Waals surface area contributed by atoms with Gasteiger partial charge in [0.05, 0.1) is 26.4 Å². The van der Waals surface area contributed by atoms with Crippen molar-refractivity contribution in [1.82, 2.24) is 0 Å². The summed E-state index contributed by atoms with van der Waals surface area (Å²) in [5, 5.41) is 18.5. The summed E-state index contributed by atoms with van der Waals surface area (Å²) < 4.78 is 33.6. The fourth-order valence-corrected chi connectivity index (χ4v) is 10.4. The van der Waals surface area contributed by atoms with Gasteiger partial charge in [0.25, 0.3) is 0 Å². The van der Waals surface area contributed by atoms with Gasteiger partial charge in [-0.15, -0.1) is 0 Å². The second-order valence-corrected chi connectivity index (χ2v) is 22.9. The molecule has 0 heterocycles. The van der Waals surface area contributed by atoms with Gasteiger partial charge < -0.3 is 24.6 Å². The molecule has 0 saturated carbocycles. The molecule has 9 nitrogen and oxygen atoms in total. The van der Waals surface area contributed by atoms with Crippen molar-refractivity contribution in [2.24, 2.45) is 0 Å². The standard InChI is InChI=1S/C60H121O9P/c1-3-5-7-9-11-13-15-17-19-21-22-23-24-25-26-27-28-29-30-31-32-33-34-35-36-37-38-40-42-44-46-48-50-52-60(63)69-59(57-68-70(64,65)67-55-58(62)54-61)56-66-53-51-49-47-45-43-41-39-20-18-16-14-12-10-8-6-4-2/h58-59,61-62H,3-57H2,1-2H3,(H,64,65)/t58-,59+/m0/s1. The largest absolute Gasteiger partial charge is 0.472 e. The van der Waals surface area contributed by atoms with Crippen molar-refractivity contribution >= 4 is 13.8 Å². The van der Waals surface area contributed by atoms with Gasteiger partial charge in [-0.05, 0) is 12.8 Å². The Morgan fingerprint density at radius 2 is 0.643 bits per heavy atom. The minimum absolute atomic E-state index is 0.0589. The van der Waals surface area contributed by atoms with Crippen LogP contribution < -0.4 is 0 Å². The zero-order valence-electron chi connectivity index (χ0n) is 46.8. The molecule has 0 amide bonds. The highest BCUT2D eigenvalue weighted by atomic mass is 31.2. The third-order valence-electron chi connectivity index (χ3n) is 14.3. The maximum atomic E-state index is 12.7. The van der Waals surface area contributed by atoms with Crippen molar-refractivity contribution < 1.29 is 43.0 Å². The summed E-state index contributed by atoms with van der Waals surface area (Å²) in [4.78, 5) is 22.8. The van der Waals surface area contributed by atoms with Gasteiger partial charge in [-0.2, -0.15) is 0 Å². The number of unbranched alkanes of at least 4 members (excludes halogenated alkanes) is 47. The minimum atomic E-state index is -4.52. The quantitative estimate of drug-likeness (QED) is 0.0309. The number of rotatable bonds is 61. The molecule has 0 aliphatic rings. The molecule has 0 aromatic rings. The fraction of sp³-hybridized carbons (Fsp3) is 0.983. The van der Waals surface area contributed by atoms with E-state index in [2.05, 4.69) is 13.8 Å². The van der Waals surface area contributed by atoms with Crippen LogP contribution in [0.1, 0.15) is 335 Å². The molecule has 10 heteroatoms. The molecule has 0 fully saturated rings. The molecule has 0 rings (SSSR count). The van der Waals surface area contributed by atoms with Crippen LogP contribution >= 0.6 is 7.82 Å². The van der Waals surface area contributed by atoms with Gasteiger partial charge in [0.1, 0.15) is 12.2 Å². The molecule has 0 aromatic heterocycles. The van der Waals surface area contributed by atoms with E-state index in [1.54, 1.807) is 0 Å². The summed E-state index contributed by atoms with van der Waals surface area (Å²) in [6.45, 7) is 3.62. The highest BCUT2D eigenvalue weighted by molar-refractivity contribution is 7.47. The summed E-state index contributed by atoms with van der Waals surface area (Å²) in [6.07, 6.45) is 64.0. The number of esters is 1. The van der Waals surface area contributed by atoms with Gasteiger partial charge >= 0.3 is 13.8 Å². The van der Waals surface area contributed by atoms with Gasteiger partial charge in [0.2, 0.25) is 0 Å². The van der Waals surface area contributed by atoms with Crippen LogP contribution in [0.15, 0.2) is 0 Å². The second kappa shape index (κ2) is 57.7. The van der Waals surface area contributed by atoms with Gasteiger partial charge in [0.15, 0.2) is 0 Å². The van der Waals surface area contributed by atoms with Crippen LogP contribution in [0.25, 0.3) is 0 Å². The maximum Gasteiger partial charge on any atom is 0.472 e. The number of carbonyl (C=O) groups is 1. The van der Waals surface area contributed by atoms with Crippen LogP contribution in [0.2, 0.25) is 0 Å². The van der Waals surface area contributed by atoms with Crippen LogP contribution in [-0.2, 0) is 27.9 Å². The smallest absolute Gasteiger partial charge is 0.457 e. The third-order valence-corrected chi connectivity index (χ3v) is 15.2. The first-order chi connectivity index (χ1) is 34.3. The second-order valence-electron chi connectivity index (χ2n) is 21.5. The van der Waals surface area contributed by atoms with E-state index in [1.807, 2.05) is 0 Å². The first-order valence-corrected chi connectivity index (χ1v) is 32.5. The van der Waals surface area contributed by atoms with E-state index >= 15 is 0 Å². The highest BCUT2D eigenvalue weighted by Crippen LogP contribution is 2.43. The van der Waals surface area contributed by atoms with Crippen LogP contribution in [0, 0.1) is 0 Å². The maximum absolute atomic E-state index is 12.7. The van der Waals surface area contributed by atoms with Crippen molar-refractivity contribution in [3.63, 3.8) is 0 Å². The fourth-order valence-electron chi connectivity index (χ4n) is 9.60. The number of phosphoric ester groups is 1. The third kappa shape index (κ3) is 56.8. The van der Waals surface area contributed by atoms with E-state index in [0.29, 0.717) is 6.61 Å². The molecule has 0 aliphatic heterocycles. The molecule has 0 bridgehead atoms. The predicted octanol–water partition coefficient (Wildman–Crippen LogP) is 18.9. The van der Waals surface area contributed by atoms with E-state index < -0.39 is 33.2 Å². The Labute approximate surface area is 435 Å². The topological polar surface area (TPSA) is 132 Å². The van der Waals surface area contributed by atoms with Gasteiger partial charge in [0, 0.05) is 13.0 Å². The zero-order valence-corrected chi connectivity index (χ0v) is 47.7. The number of ether oxygens (including phenoxy) is 2. The van der Waals surface area contributed by atoms with Gasteiger partial charge in [-0.25, -0.2) is 4.57 Å². The van der Waals surface area contributed by atoms with E-state index in [9.17, 15) is 19.4 Å². The number of aliphatic hydroxyl groups is 2. The van der Waals surface area contributed by atoms with Crippen molar-refractivity contribution in [1.29, 1.82) is 0 Å². The minimum Gasteiger partial charge on any atom is -0.457 e. The molecule has 3 N–H and O–H groups in total. The Morgan fingerprint density at radius 3 is 0.929 bits per heavy atom. The lowest BCUT2D eigenvalue weighted by Gasteiger charge is -2.20. The summed E-state index contributed by atoms with van der Waals surface area (Å²) in [7, 11) is -4.52. The Morgan fingerprint density at radius 1 is 0.386 bits per heavy atom. The number of aliphatic hydroxyl groups excluding tert-OH is 2. The number of carbonyl (C=O) groups excluding carboxylic acids is 1. The average Bonchev–Trinajstić information content (AvgIpc) is 3.35. The molecule has 0 aromatic carbocycles. The predicted molar refractivity (Wildman–Crippen MR) is 298 cm³/mol. The van der Waals surface area contributed by atoms with Crippen molar-refractivity contribution in [3.05, 3.63) is 0 Å². The lowest BCUT2D eigenvalue weighted by molar-refractivity contribution is -0.154. The molecule has 0 radical (unpaired) electrons. The SMILES string of the molecule is CCCCCCCCCCCCCCCCCCCCCCCCCCCCCCCCCCCC(=O)O[C@H](COCCCCCCCCCCCCCCCCCC)COP(=O)(O)OC[C@@H](O)CO. The lowest BCUT2D eigenvalue weighted by Crippen LogP contribution is -2.29. The molecule has 0 spiro atoms. The van der Waals surface area contributed by atoms with Crippen molar-refractivity contribution in [2.45, 2.75) is 347 Å². The molecule has 70 heavy (non-hydrogen) atoms. The van der Waals surface area contributed by atoms with Crippen molar-refractivity contribution in [3.8, 4) is 0 Å². The molecule has 420 valence electrons. The van der Waals surface area contributed by atoms with E-state index in [4.69, 9.17) is 23.6 Å². The van der Waals surface area contributed by atoms with E-state index in [0.717, 1.165) is 32.1 Å². The normalized spacial score (nSPS) is 13.5. The summed E-state index contributed by atoms with van der Waals surface area (Å²) in [6, 6.07) is 0. The van der Waals surface area contributed by atoms with Crippen molar-refractivity contribution in [2.75, 3.05) is 33.0 Å². The molecular weight excluding hydrogens is 896 g/mol. The molecule has 1 unspecified atom stereocenters. The Bertz CT molecular complexity index is 1060. The number of phosphoric acid groups is 1. The summed E-state index contributed by atoms with van der Waals surface area (Å²) in [5.41, 5.74) is 0. The highest BCUT2D eigenvalue weighted by Gasteiger charge is 2.26. The molecule has 0 aliphatic carbocycles. The first kappa shape index (κ1) is 69.5. The Kier molecular flexibility index (Phi) is 57.3. The number of hydrogen-bond acceptors (Lipinski definition) is 8. The van der Waals surface area contributed by atoms with E-state index in [-0.39, 0.29) is 25.6 Å². The number of hydrogen-bond donors (Lipinski definition) is 3. The Balaban J connectivity index is 3.81. The van der Waals surface area contributed by atoms with Crippen LogP contribution in [-0.4, -0.2) is 66.3 Å². The van der Waals surface area contributed by atoms with Crippen LogP contribution in [0.3, 0.4) is 0 Å². The zero-order chi connectivity index (χ0) is 51.0. The van der Waals surface area contributed by atoms with E-state index in [1.165, 1.54) is 283 Å². The average molecular weight is 1020 g/mol. The Hall–Kier alpha value is -0.540.